The average molecular weight is 287 g/mol. The van der Waals surface area contributed by atoms with Gasteiger partial charge in [-0.25, -0.2) is 0 Å². The number of hydrogen-bond acceptors (Lipinski definition) is 4. The summed E-state index contributed by atoms with van der Waals surface area (Å²) in [5.74, 6) is -0.0205. The molecule has 6 nitrogen and oxygen atoms in total. The van der Waals surface area contributed by atoms with E-state index in [0.29, 0.717) is 11.4 Å². The first kappa shape index (κ1) is 15.1. The molecule has 0 fully saturated rings. The van der Waals surface area contributed by atoms with Crippen LogP contribution in [0.3, 0.4) is 0 Å². The van der Waals surface area contributed by atoms with Crippen molar-refractivity contribution in [2.24, 2.45) is 5.73 Å². The summed E-state index contributed by atoms with van der Waals surface area (Å²) in [6.45, 7) is 4.09. The second-order valence-corrected chi connectivity index (χ2v) is 5.04. The molecule has 2 rings (SSSR count). The van der Waals surface area contributed by atoms with Gasteiger partial charge in [0.1, 0.15) is 5.56 Å². The molecule has 4 N–H and O–H groups in total. The Morgan fingerprint density at radius 3 is 2.52 bits per heavy atom. The van der Waals surface area contributed by atoms with Crippen LogP contribution in [0.2, 0.25) is 0 Å². The number of anilines is 2. The van der Waals surface area contributed by atoms with Crippen molar-refractivity contribution in [3.05, 3.63) is 42.1 Å². The number of carbonyl (C=O) groups excluding carboxylic acids is 1. The lowest BCUT2D eigenvalue weighted by atomic mass is 10.2. The fraction of sp³-hybridized carbons (Fsp3) is 0.333. The van der Waals surface area contributed by atoms with Gasteiger partial charge in [0.05, 0.1) is 6.04 Å². The fourth-order valence-corrected chi connectivity index (χ4v) is 2.00. The maximum atomic E-state index is 11.6. The summed E-state index contributed by atoms with van der Waals surface area (Å²) < 4.78 is 1.76. The summed E-state index contributed by atoms with van der Waals surface area (Å²) in [5, 5.41) is 10.8. The Hall–Kier alpha value is -2.34. The summed E-state index contributed by atoms with van der Waals surface area (Å²) in [4.78, 5) is 11.6. The van der Waals surface area contributed by atoms with Crippen molar-refractivity contribution >= 4 is 17.4 Å². The molecular weight excluding hydrogens is 266 g/mol. The number of hydrogen-bond donors (Lipinski definition) is 3. The number of nitrogens with zero attached hydrogens (tertiary/aromatic N) is 2. The number of primary amides is 1. The standard InChI is InChI=1S/C15H21N5O/c1-10(17-3)11(2)20-9-13(14(16)21)15(19-20)18-12-7-5-4-6-8-12/h4-11,17H,1-3H3,(H2,16,21)(H,18,19). The Balaban J connectivity index is 2.32. The summed E-state index contributed by atoms with van der Waals surface area (Å²) in [7, 11) is 1.89. The number of carbonyl (C=O) groups is 1. The molecule has 0 spiro atoms. The smallest absolute Gasteiger partial charge is 0.254 e. The molecule has 21 heavy (non-hydrogen) atoms. The van der Waals surface area contributed by atoms with Gasteiger partial charge in [0.2, 0.25) is 0 Å². The van der Waals surface area contributed by atoms with Crippen LogP contribution in [0.5, 0.6) is 0 Å². The van der Waals surface area contributed by atoms with Crippen LogP contribution in [0.15, 0.2) is 36.5 Å². The van der Waals surface area contributed by atoms with E-state index in [-0.39, 0.29) is 12.1 Å². The lowest BCUT2D eigenvalue weighted by Crippen LogP contribution is -2.31. The quantitative estimate of drug-likeness (QED) is 0.757. The van der Waals surface area contributed by atoms with Gasteiger partial charge in [-0.15, -0.1) is 0 Å². The monoisotopic (exact) mass is 287 g/mol. The van der Waals surface area contributed by atoms with Crippen LogP contribution >= 0.6 is 0 Å². The number of aromatic nitrogens is 2. The number of nitrogens with one attached hydrogen (secondary N) is 2. The van der Waals surface area contributed by atoms with Gasteiger partial charge in [-0.3, -0.25) is 9.48 Å². The molecule has 1 aromatic heterocycles. The van der Waals surface area contributed by atoms with Crippen LogP contribution in [0, 0.1) is 0 Å². The first-order valence-electron chi connectivity index (χ1n) is 6.91. The maximum Gasteiger partial charge on any atom is 0.254 e. The highest BCUT2D eigenvalue weighted by Crippen LogP contribution is 2.21. The van der Waals surface area contributed by atoms with Gasteiger partial charge >= 0.3 is 0 Å². The second-order valence-electron chi connectivity index (χ2n) is 5.04. The third kappa shape index (κ3) is 3.41. The Morgan fingerprint density at radius 2 is 1.95 bits per heavy atom. The number of benzene rings is 1. The van der Waals surface area contributed by atoms with E-state index in [1.54, 1.807) is 10.9 Å². The normalized spacial score (nSPS) is 13.7. The number of amides is 1. The summed E-state index contributed by atoms with van der Waals surface area (Å²) in [6.07, 6.45) is 1.69. The highest BCUT2D eigenvalue weighted by molar-refractivity contribution is 5.98. The van der Waals surface area contributed by atoms with E-state index < -0.39 is 5.91 Å². The summed E-state index contributed by atoms with van der Waals surface area (Å²) in [6, 6.07) is 9.88. The molecule has 0 aliphatic heterocycles. The van der Waals surface area contributed by atoms with Crippen molar-refractivity contribution in [1.29, 1.82) is 0 Å². The molecule has 1 aromatic carbocycles. The first-order chi connectivity index (χ1) is 10.0. The molecule has 2 aromatic rings. The minimum Gasteiger partial charge on any atom is -0.365 e. The van der Waals surface area contributed by atoms with Crippen LogP contribution in [0.4, 0.5) is 11.5 Å². The summed E-state index contributed by atoms with van der Waals surface area (Å²) >= 11 is 0. The minimum absolute atomic E-state index is 0.0967. The maximum absolute atomic E-state index is 11.6. The van der Waals surface area contributed by atoms with E-state index in [1.165, 1.54) is 0 Å². The van der Waals surface area contributed by atoms with Gasteiger partial charge in [-0.05, 0) is 33.0 Å². The first-order valence-corrected chi connectivity index (χ1v) is 6.91. The van der Waals surface area contributed by atoms with Crippen molar-refractivity contribution in [2.45, 2.75) is 25.9 Å². The highest BCUT2D eigenvalue weighted by atomic mass is 16.1. The van der Waals surface area contributed by atoms with Crippen LogP contribution in [0.1, 0.15) is 30.2 Å². The lowest BCUT2D eigenvalue weighted by molar-refractivity contribution is 0.100. The zero-order valence-electron chi connectivity index (χ0n) is 12.5. The van der Waals surface area contributed by atoms with Crippen molar-refractivity contribution in [1.82, 2.24) is 15.1 Å². The molecule has 1 heterocycles. The predicted molar refractivity (Wildman–Crippen MR) is 83.7 cm³/mol. The number of rotatable bonds is 6. The van der Waals surface area contributed by atoms with Crippen LogP contribution in [-0.2, 0) is 0 Å². The molecule has 0 radical (unpaired) electrons. The van der Waals surface area contributed by atoms with Gasteiger partial charge in [-0.2, -0.15) is 5.10 Å². The van der Waals surface area contributed by atoms with E-state index in [9.17, 15) is 4.79 Å². The van der Waals surface area contributed by atoms with E-state index in [4.69, 9.17) is 5.73 Å². The second kappa shape index (κ2) is 6.41. The lowest BCUT2D eigenvalue weighted by Gasteiger charge is -2.19. The van der Waals surface area contributed by atoms with Crippen molar-refractivity contribution < 1.29 is 4.79 Å². The van der Waals surface area contributed by atoms with Crippen molar-refractivity contribution in [2.75, 3.05) is 12.4 Å². The Kier molecular flexibility index (Phi) is 4.59. The molecule has 0 bridgehead atoms. The number of likely N-dealkylation sites (N-methyl/N-ethyl adjacent to an activating group) is 1. The van der Waals surface area contributed by atoms with Crippen molar-refractivity contribution in [3.63, 3.8) is 0 Å². The molecule has 2 unspecified atom stereocenters. The van der Waals surface area contributed by atoms with Crippen LogP contribution in [-0.4, -0.2) is 28.8 Å². The summed E-state index contributed by atoms with van der Waals surface area (Å²) in [5.41, 5.74) is 6.69. The molecule has 6 heteroatoms. The van der Waals surface area contributed by atoms with Crippen LogP contribution in [0.25, 0.3) is 0 Å². The van der Waals surface area contributed by atoms with Crippen LogP contribution < -0.4 is 16.4 Å². The molecule has 112 valence electrons. The topological polar surface area (TPSA) is 85.0 Å². The third-order valence-corrected chi connectivity index (χ3v) is 3.63. The van der Waals surface area contributed by atoms with E-state index in [0.717, 1.165) is 5.69 Å². The number of para-hydroxylation sites is 1. The van der Waals surface area contributed by atoms with Gasteiger partial charge in [-0.1, -0.05) is 18.2 Å². The largest absolute Gasteiger partial charge is 0.365 e. The van der Waals surface area contributed by atoms with Crippen molar-refractivity contribution in [3.8, 4) is 0 Å². The Morgan fingerprint density at radius 1 is 1.29 bits per heavy atom. The van der Waals surface area contributed by atoms with E-state index in [2.05, 4.69) is 22.7 Å². The van der Waals surface area contributed by atoms with E-state index >= 15 is 0 Å². The molecule has 2 atom stereocenters. The Labute approximate surface area is 124 Å². The molecule has 0 aliphatic rings. The molecule has 0 saturated heterocycles. The van der Waals surface area contributed by atoms with E-state index in [1.807, 2.05) is 44.3 Å². The minimum atomic E-state index is -0.496. The average Bonchev–Trinajstić information content (AvgIpc) is 2.90. The highest BCUT2D eigenvalue weighted by Gasteiger charge is 2.19. The fourth-order valence-electron chi connectivity index (χ4n) is 2.00. The molecule has 0 saturated carbocycles. The third-order valence-electron chi connectivity index (χ3n) is 3.63. The SMILES string of the molecule is CNC(C)C(C)n1cc(C(N)=O)c(Nc2ccccc2)n1. The zero-order valence-corrected chi connectivity index (χ0v) is 12.5. The molecular formula is C15H21N5O. The zero-order chi connectivity index (χ0) is 15.4. The predicted octanol–water partition coefficient (Wildman–Crippen LogP) is 1.89. The number of nitrogens with two attached hydrogens (primary N) is 1. The van der Waals surface area contributed by atoms with Gasteiger partial charge in [0.25, 0.3) is 5.91 Å². The van der Waals surface area contributed by atoms with Gasteiger partial charge in [0, 0.05) is 17.9 Å². The van der Waals surface area contributed by atoms with Gasteiger partial charge in [0.15, 0.2) is 5.82 Å². The van der Waals surface area contributed by atoms with Gasteiger partial charge < -0.3 is 16.4 Å². The molecule has 1 amide bonds. The molecule has 0 aliphatic carbocycles. The Bertz CT molecular complexity index is 608.